The van der Waals surface area contributed by atoms with Crippen LogP contribution in [-0.2, 0) is 56.5 Å². The molecule has 0 radical (unpaired) electrons. The van der Waals surface area contributed by atoms with Crippen LogP contribution in [0.25, 0.3) is 0 Å². The first-order valence-electron chi connectivity index (χ1n) is 18.9. The maximum absolute atomic E-state index is 15.3. The molecule has 1 fully saturated rings. The molecule has 0 spiro atoms. The highest BCUT2D eigenvalue weighted by molar-refractivity contribution is 5.38. The van der Waals surface area contributed by atoms with Crippen molar-refractivity contribution in [2.45, 2.75) is 70.2 Å². The smallest absolute Gasteiger partial charge is 0.356 e. The van der Waals surface area contributed by atoms with E-state index in [2.05, 4.69) is 10.2 Å². The van der Waals surface area contributed by atoms with Crippen molar-refractivity contribution < 1.29 is 42.7 Å². The van der Waals surface area contributed by atoms with Gasteiger partial charge in [-0.15, -0.1) is 5.10 Å². The zero-order valence-corrected chi connectivity index (χ0v) is 32.0. The molecule has 0 bridgehead atoms. The highest BCUT2D eigenvalue weighted by atomic mass is 19.1. The van der Waals surface area contributed by atoms with E-state index < -0.39 is 36.2 Å². The maximum atomic E-state index is 15.3. The molecule has 7 rings (SSSR count). The van der Waals surface area contributed by atoms with E-state index in [1.54, 1.807) is 19.1 Å². The first-order valence-corrected chi connectivity index (χ1v) is 18.9. The number of rotatable bonds is 18. The minimum absolute atomic E-state index is 0.000132. The Morgan fingerprint density at radius 2 is 1.23 bits per heavy atom. The summed E-state index contributed by atoms with van der Waals surface area (Å²) in [6, 6.07) is 43.5. The first-order chi connectivity index (χ1) is 27.9. The number of aryl methyl sites for hydroxylation is 1. The van der Waals surface area contributed by atoms with E-state index in [-0.39, 0.29) is 45.3 Å². The van der Waals surface area contributed by atoms with Crippen LogP contribution in [0.15, 0.2) is 140 Å². The fourth-order valence-corrected chi connectivity index (χ4v) is 6.75. The molecular weight excluding hydrogens is 728 g/mol. The van der Waals surface area contributed by atoms with Crippen LogP contribution in [0.5, 0.6) is 11.6 Å². The molecule has 1 aliphatic rings. The van der Waals surface area contributed by atoms with Crippen molar-refractivity contribution in [3.8, 4) is 11.6 Å². The Morgan fingerprint density at radius 3 is 1.77 bits per heavy atom. The third-order valence-corrected chi connectivity index (χ3v) is 9.81. The summed E-state index contributed by atoms with van der Waals surface area (Å²) in [6.07, 6.45) is -3.91. The predicted octanol–water partition coefficient (Wildman–Crippen LogP) is 7.85. The third-order valence-electron chi connectivity index (χ3n) is 9.81. The maximum Gasteiger partial charge on any atom is 0.356 e. The fourth-order valence-electron chi connectivity index (χ4n) is 6.75. The number of ether oxygens (including phenoxy) is 7. The van der Waals surface area contributed by atoms with Crippen molar-refractivity contribution in [3.63, 3.8) is 0 Å². The summed E-state index contributed by atoms with van der Waals surface area (Å²) in [5.41, 5.74) is 5.16. The van der Waals surface area contributed by atoms with Crippen LogP contribution < -0.4 is 9.47 Å². The van der Waals surface area contributed by atoms with Gasteiger partial charge in [0, 0.05) is 23.7 Å². The number of hydrogen-bond acceptors (Lipinski definition) is 9. The summed E-state index contributed by atoms with van der Waals surface area (Å²) in [6.45, 7) is 2.54. The van der Waals surface area contributed by atoms with Crippen molar-refractivity contribution >= 4 is 0 Å². The van der Waals surface area contributed by atoms with Crippen LogP contribution >= 0.6 is 0 Å². The van der Waals surface area contributed by atoms with E-state index in [1.165, 1.54) is 13.2 Å². The highest BCUT2D eigenvalue weighted by Crippen LogP contribution is 2.38. The zero-order chi connectivity index (χ0) is 39.5. The lowest BCUT2D eigenvalue weighted by molar-refractivity contribution is -0.436. The highest BCUT2D eigenvalue weighted by Gasteiger charge is 2.59. The van der Waals surface area contributed by atoms with Crippen LogP contribution in [0.4, 0.5) is 4.39 Å². The molecule has 296 valence electrons. The van der Waals surface area contributed by atoms with Gasteiger partial charge in [-0.25, -0.2) is 4.39 Å². The molecular formula is C46H47FN2O8. The van der Waals surface area contributed by atoms with Gasteiger partial charge < -0.3 is 38.3 Å². The standard InChI is InChI=1S/C46H47FN2O8/c1-32-39(25-37-23-24-38(51-2)26-40(37)47)45(49-48-32)57-46(50)44(55-30-36-21-13-6-14-22-36)43(54-29-35-19-11-5-12-20-35)42(53-28-34-17-9-4-10-18-34)41(56-46)31-52-27-33-15-7-3-8-16-33/h3-24,26,41-44,50H,25,27-31H2,1-2H3,(H,48,49)/t41-,42-,43+,44-,46+/m1/s1. The fraction of sp³-hybridized carbons (Fsp3) is 0.283. The minimum Gasteiger partial charge on any atom is -0.497 e. The Labute approximate surface area is 332 Å². The number of benzene rings is 5. The summed E-state index contributed by atoms with van der Waals surface area (Å²) in [7, 11) is 1.48. The molecule has 1 aromatic heterocycles. The molecule has 2 heterocycles. The number of nitrogens with one attached hydrogen (secondary N) is 1. The van der Waals surface area contributed by atoms with Crippen molar-refractivity contribution in [1.29, 1.82) is 0 Å². The molecule has 11 heteroatoms. The number of H-pyrrole nitrogens is 1. The first kappa shape index (κ1) is 39.8. The number of aromatic nitrogens is 2. The number of halogens is 1. The largest absolute Gasteiger partial charge is 0.497 e. The second-order valence-corrected chi connectivity index (χ2v) is 13.9. The molecule has 6 aromatic rings. The van der Waals surface area contributed by atoms with Crippen molar-refractivity contribution in [1.82, 2.24) is 10.2 Å². The average molecular weight is 775 g/mol. The van der Waals surface area contributed by atoms with Crippen LogP contribution in [0.1, 0.15) is 39.1 Å². The van der Waals surface area contributed by atoms with E-state index >= 15 is 4.39 Å². The van der Waals surface area contributed by atoms with Gasteiger partial charge in [-0.2, -0.15) is 0 Å². The molecule has 5 aromatic carbocycles. The average Bonchev–Trinajstić information content (AvgIpc) is 3.58. The number of nitrogens with zero attached hydrogens (tertiary/aromatic N) is 1. The number of methoxy groups -OCH3 is 1. The van der Waals surface area contributed by atoms with Crippen molar-refractivity contribution in [2.24, 2.45) is 0 Å². The van der Waals surface area contributed by atoms with Gasteiger partial charge >= 0.3 is 5.97 Å². The minimum atomic E-state index is -2.50. The Balaban J connectivity index is 1.26. The number of aromatic amines is 1. The second kappa shape index (κ2) is 19.2. The summed E-state index contributed by atoms with van der Waals surface area (Å²) in [5, 5.41) is 20.2. The Bertz CT molecular complexity index is 2120. The molecule has 1 aliphatic heterocycles. The molecule has 0 saturated carbocycles. The zero-order valence-electron chi connectivity index (χ0n) is 32.0. The van der Waals surface area contributed by atoms with Gasteiger partial charge in [0.1, 0.15) is 29.9 Å². The molecule has 0 unspecified atom stereocenters. The SMILES string of the molecule is COc1ccc(Cc2c(O[C@@]3(O)O[C@H](COCc4ccccc4)[C@@H](OCc4ccccc4)[C@H](OCc4ccccc4)[C@H]3OCc3ccccc3)n[nH]c2C)c(F)c1. The lowest BCUT2D eigenvalue weighted by Gasteiger charge is -2.49. The van der Waals surface area contributed by atoms with E-state index in [0.29, 0.717) is 22.6 Å². The van der Waals surface area contributed by atoms with Crippen molar-refractivity contribution in [3.05, 3.63) is 184 Å². The summed E-state index contributed by atoms with van der Waals surface area (Å²) in [4.78, 5) is 0. The molecule has 2 N–H and O–H groups in total. The predicted molar refractivity (Wildman–Crippen MR) is 211 cm³/mol. The summed E-state index contributed by atoms with van der Waals surface area (Å²) >= 11 is 0. The third kappa shape index (κ3) is 10.3. The molecule has 1 saturated heterocycles. The summed E-state index contributed by atoms with van der Waals surface area (Å²) < 4.78 is 59.9. The normalized spacial score (nSPS) is 20.6. The van der Waals surface area contributed by atoms with Crippen molar-refractivity contribution in [2.75, 3.05) is 13.7 Å². The Kier molecular flexibility index (Phi) is 13.4. The van der Waals surface area contributed by atoms with Gasteiger partial charge in [-0.1, -0.05) is 127 Å². The van der Waals surface area contributed by atoms with E-state index in [1.807, 2.05) is 121 Å². The van der Waals surface area contributed by atoms with Gasteiger partial charge in [0.15, 0.2) is 6.10 Å². The van der Waals surface area contributed by atoms with Gasteiger partial charge in [-0.3, -0.25) is 5.10 Å². The van der Waals surface area contributed by atoms with Crippen LogP contribution in [0, 0.1) is 12.7 Å². The monoisotopic (exact) mass is 774 g/mol. The van der Waals surface area contributed by atoms with Gasteiger partial charge in [0.05, 0.1) is 40.1 Å². The second-order valence-electron chi connectivity index (χ2n) is 13.9. The van der Waals surface area contributed by atoms with Gasteiger partial charge in [0.2, 0.25) is 5.88 Å². The Hall–Kier alpha value is -5.40. The molecule has 57 heavy (non-hydrogen) atoms. The van der Waals surface area contributed by atoms with Crippen LogP contribution in [0.2, 0.25) is 0 Å². The quantitative estimate of drug-likeness (QED) is 0.0844. The van der Waals surface area contributed by atoms with Crippen LogP contribution in [0.3, 0.4) is 0 Å². The molecule has 0 amide bonds. The molecule has 0 aliphatic carbocycles. The lowest BCUT2D eigenvalue weighted by atomic mass is 9.96. The lowest BCUT2D eigenvalue weighted by Crippen LogP contribution is -2.69. The van der Waals surface area contributed by atoms with E-state index in [4.69, 9.17) is 33.2 Å². The molecule has 10 nitrogen and oxygen atoms in total. The van der Waals surface area contributed by atoms with Gasteiger partial charge in [0.25, 0.3) is 0 Å². The topological polar surface area (TPSA) is 114 Å². The number of aliphatic hydroxyl groups is 1. The van der Waals surface area contributed by atoms with Crippen LogP contribution in [-0.4, -0.2) is 59.4 Å². The van der Waals surface area contributed by atoms with E-state index in [0.717, 1.165) is 22.3 Å². The Morgan fingerprint density at radius 1 is 0.702 bits per heavy atom. The summed E-state index contributed by atoms with van der Waals surface area (Å²) in [5.74, 6) is -2.56. The molecule has 5 atom stereocenters. The van der Waals surface area contributed by atoms with E-state index in [9.17, 15) is 5.11 Å². The van der Waals surface area contributed by atoms with Gasteiger partial charge in [-0.05, 0) is 40.8 Å². The number of hydrogen-bond donors (Lipinski definition) is 2.